The molecule has 3 heterocycles. The Morgan fingerprint density at radius 1 is 1.46 bits per heavy atom. The molecule has 0 radical (unpaired) electrons. The summed E-state index contributed by atoms with van der Waals surface area (Å²) in [4.78, 5) is 16.1. The van der Waals surface area contributed by atoms with Crippen LogP contribution in [0.2, 0.25) is 0 Å². The Labute approximate surface area is 185 Å². The van der Waals surface area contributed by atoms with E-state index >= 15 is 0 Å². The van der Waals surface area contributed by atoms with Gasteiger partial charge in [0.2, 0.25) is 0 Å². The van der Waals surface area contributed by atoms with Crippen LogP contribution in [0.15, 0.2) is 29.0 Å². The first-order valence-corrected chi connectivity index (χ1v) is 13.1. The Balaban J connectivity index is 1.60. The predicted molar refractivity (Wildman–Crippen MR) is 125 cm³/mol. The first-order valence-electron chi connectivity index (χ1n) is 10.1. The zero-order valence-corrected chi connectivity index (χ0v) is 20.0. The van der Waals surface area contributed by atoms with Crippen molar-refractivity contribution in [3.63, 3.8) is 0 Å². The third-order valence-electron chi connectivity index (χ3n) is 5.49. The van der Waals surface area contributed by atoms with Gasteiger partial charge in [0.1, 0.15) is 6.61 Å². The van der Waals surface area contributed by atoms with E-state index in [1.165, 1.54) is 16.0 Å². The van der Waals surface area contributed by atoms with Crippen molar-refractivity contribution in [3.05, 3.63) is 39.4 Å². The van der Waals surface area contributed by atoms with Gasteiger partial charge in [-0.1, -0.05) is 35.0 Å². The summed E-state index contributed by atoms with van der Waals surface area (Å²) < 4.78 is 5.33. The number of carbonyl (C=O) groups is 1. The maximum atomic E-state index is 12.2. The SMILES string of the molecule is Cc1ccsc1/C(=C\CCN1CCC[C@@H](C(=O)OCCBr)C1)C1SC=CC1C. The Morgan fingerprint density at radius 3 is 3.00 bits per heavy atom. The molecule has 28 heavy (non-hydrogen) atoms. The molecule has 1 aromatic heterocycles. The predicted octanol–water partition coefficient (Wildman–Crippen LogP) is 5.75. The van der Waals surface area contributed by atoms with Crippen molar-refractivity contribution in [1.82, 2.24) is 4.90 Å². The number of likely N-dealkylation sites (tertiary alicyclic amines) is 1. The highest BCUT2D eigenvalue weighted by Crippen LogP contribution is 2.41. The molecule has 6 heteroatoms. The van der Waals surface area contributed by atoms with Crippen LogP contribution in [-0.4, -0.2) is 47.7 Å². The average Bonchev–Trinajstić information content (AvgIpc) is 3.32. The molecule has 154 valence electrons. The molecule has 3 rings (SSSR count). The Hall–Kier alpha value is -0.560. The quantitative estimate of drug-likeness (QED) is 0.347. The van der Waals surface area contributed by atoms with Crippen LogP contribution in [0.4, 0.5) is 0 Å². The second-order valence-electron chi connectivity index (χ2n) is 7.62. The molecule has 0 amide bonds. The molecule has 0 bridgehead atoms. The number of thiophene rings is 1. The highest BCUT2D eigenvalue weighted by atomic mass is 79.9. The van der Waals surface area contributed by atoms with Gasteiger partial charge in [-0.2, -0.15) is 0 Å². The number of aryl methyl sites for hydroxylation is 1. The fraction of sp³-hybridized carbons (Fsp3) is 0.591. The summed E-state index contributed by atoms with van der Waals surface area (Å²) in [5.74, 6) is 0.573. The molecule has 0 saturated carbocycles. The monoisotopic (exact) mass is 483 g/mol. The third kappa shape index (κ3) is 5.74. The molecule has 2 aliphatic rings. The summed E-state index contributed by atoms with van der Waals surface area (Å²) in [5, 5.41) is 5.67. The van der Waals surface area contributed by atoms with Crippen molar-refractivity contribution >= 4 is 50.6 Å². The smallest absolute Gasteiger partial charge is 0.310 e. The number of piperidine rings is 1. The lowest BCUT2D eigenvalue weighted by Gasteiger charge is -2.31. The maximum absolute atomic E-state index is 12.2. The Kier molecular flexibility index (Phi) is 8.70. The summed E-state index contributed by atoms with van der Waals surface area (Å²) in [6.07, 6.45) is 7.83. The molecular weight excluding hydrogens is 454 g/mol. The molecule has 2 aliphatic heterocycles. The van der Waals surface area contributed by atoms with E-state index in [1.54, 1.807) is 0 Å². The molecule has 1 fully saturated rings. The van der Waals surface area contributed by atoms with Crippen molar-refractivity contribution in [3.8, 4) is 0 Å². The molecule has 1 saturated heterocycles. The van der Waals surface area contributed by atoms with Crippen LogP contribution < -0.4 is 0 Å². The van der Waals surface area contributed by atoms with Gasteiger partial charge in [-0.3, -0.25) is 4.79 Å². The van der Waals surface area contributed by atoms with Crippen LogP contribution in [0.3, 0.4) is 0 Å². The molecule has 0 aliphatic carbocycles. The zero-order valence-electron chi connectivity index (χ0n) is 16.7. The van der Waals surface area contributed by atoms with Gasteiger partial charge in [0.15, 0.2) is 0 Å². The van der Waals surface area contributed by atoms with E-state index in [-0.39, 0.29) is 11.9 Å². The summed E-state index contributed by atoms with van der Waals surface area (Å²) >= 11 is 7.11. The minimum Gasteiger partial charge on any atom is -0.465 e. The van der Waals surface area contributed by atoms with Gasteiger partial charge in [0.25, 0.3) is 0 Å². The van der Waals surface area contributed by atoms with Crippen molar-refractivity contribution in [2.45, 2.75) is 38.4 Å². The van der Waals surface area contributed by atoms with Gasteiger partial charge in [-0.25, -0.2) is 0 Å². The first kappa shape index (κ1) is 22.1. The largest absolute Gasteiger partial charge is 0.465 e. The zero-order chi connectivity index (χ0) is 19.9. The van der Waals surface area contributed by atoms with Gasteiger partial charge >= 0.3 is 5.97 Å². The minimum absolute atomic E-state index is 0.0307. The Bertz CT molecular complexity index is 715. The van der Waals surface area contributed by atoms with Gasteiger partial charge in [-0.15, -0.1) is 23.1 Å². The number of ether oxygens (including phenoxy) is 1. The number of rotatable bonds is 8. The van der Waals surface area contributed by atoms with Gasteiger partial charge in [0.05, 0.1) is 5.92 Å². The van der Waals surface area contributed by atoms with Crippen LogP contribution in [-0.2, 0) is 9.53 Å². The van der Waals surface area contributed by atoms with Crippen molar-refractivity contribution in [2.75, 3.05) is 31.6 Å². The number of nitrogens with zero attached hydrogens (tertiary/aromatic N) is 1. The third-order valence-corrected chi connectivity index (χ3v) is 8.17. The fourth-order valence-electron chi connectivity index (χ4n) is 3.95. The van der Waals surface area contributed by atoms with E-state index in [0.717, 1.165) is 38.9 Å². The number of hydrogen-bond acceptors (Lipinski definition) is 5. The maximum Gasteiger partial charge on any atom is 0.310 e. The topological polar surface area (TPSA) is 29.5 Å². The first-order chi connectivity index (χ1) is 13.6. The van der Waals surface area contributed by atoms with E-state index in [2.05, 4.69) is 63.7 Å². The van der Waals surface area contributed by atoms with Crippen LogP contribution in [0.5, 0.6) is 0 Å². The fourth-order valence-corrected chi connectivity index (χ4v) is 6.40. The van der Waals surface area contributed by atoms with Gasteiger partial charge in [-0.05, 0) is 66.6 Å². The normalized spacial score (nSPS) is 26.0. The van der Waals surface area contributed by atoms with Crippen LogP contribution >= 0.6 is 39.0 Å². The number of hydrogen-bond donors (Lipinski definition) is 0. The highest BCUT2D eigenvalue weighted by Gasteiger charge is 2.28. The van der Waals surface area contributed by atoms with Gasteiger partial charge in [0, 0.05) is 28.5 Å². The molecule has 0 N–H and O–H groups in total. The molecule has 3 nitrogen and oxygen atoms in total. The van der Waals surface area contributed by atoms with E-state index < -0.39 is 0 Å². The molecule has 0 spiro atoms. The average molecular weight is 485 g/mol. The van der Waals surface area contributed by atoms with Gasteiger partial charge < -0.3 is 9.64 Å². The summed E-state index contributed by atoms with van der Waals surface area (Å²) in [6, 6.07) is 2.22. The molecular formula is C22H30BrNO2S2. The standard InChI is InChI=1S/C22H30BrNO2S2/c1-16-7-13-27-20(16)19(21-17(2)8-14-28-21)6-4-11-24-10-3-5-18(15-24)22(25)26-12-9-23/h6-8,13-14,16,18,20H,3-5,9-12,15H2,1-2H3/b19-6-/t16?,18-,20?/m1/s1. The lowest BCUT2D eigenvalue weighted by molar-refractivity contribution is -0.149. The number of alkyl halides is 1. The number of thioether (sulfide) groups is 1. The number of esters is 1. The number of carbonyl (C=O) groups excluding carboxylic acids is 1. The minimum atomic E-state index is -0.0307. The number of allylic oxidation sites excluding steroid dienone is 1. The molecule has 2 unspecified atom stereocenters. The van der Waals surface area contributed by atoms with E-state index in [4.69, 9.17) is 4.74 Å². The lowest BCUT2D eigenvalue weighted by atomic mass is 9.96. The lowest BCUT2D eigenvalue weighted by Crippen LogP contribution is -2.39. The van der Waals surface area contributed by atoms with Crippen molar-refractivity contribution < 1.29 is 9.53 Å². The highest BCUT2D eigenvalue weighted by molar-refractivity contribution is 9.09. The van der Waals surface area contributed by atoms with E-state index in [9.17, 15) is 4.79 Å². The van der Waals surface area contributed by atoms with Crippen LogP contribution in [0.25, 0.3) is 5.57 Å². The van der Waals surface area contributed by atoms with E-state index in [1.807, 2.05) is 23.1 Å². The van der Waals surface area contributed by atoms with Crippen LogP contribution in [0, 0.1) is 18.8 Å². The van der Waals surface area contributed by atoms with Crippen molar-refractivity contribution in [1.29, 1.82) is 0 Å². The summed E-state index contributed by atoms with van der Waals surface area (Å²) in [7, 11) is 0. The summed E-state index contributed by atoms with van der Waals surface area (Å²) in [5.41, 5.74) is 2.86. The Morgan fingerprint density at radius 2 is 2.32 bits per heavy atom. The second kappa shape index (κ2) is 11.0. The van der Waals surface area contributed by atoms with Crippen LogP contribution in [0.1, 0.15) is 36.6 Å². The summed E-state index contributed by atoms with van der Waals surface area (Å²) in [6.45, 7) is 7.91. The number of halogens is 1. The molecule has 3 atom stereocenters. The molecule has 1 aromatic rings. The molecule has 0 aromatic carbocycles. The van der Waals surface area contributed by atoms with Crippen molar-refractivity contribution in [2.24, 2.45) is 11.8 Å². The van der Waals surface area contributed by atoms with E-state index in [0.29, 0.717) is 23.1 Å². The second-order valence-corrected chi connectivity index (χ2v) is 10.4.